The van der Waals surface area contributed by atoms with Gasteiger partial charge in [-0.25, -0.2) is 13.7 Å². The molecule has 4 aromatic rings. The van der Waals surface area contributed by atoms with Gasteiger partial charge in [-0.3, -0.25) is 4.98 Å². The third-order valence-electron chi connectivity index (χ3n) is 6.37. The number of nitrogens with zero attached hydrogens (tertiary/aromatic N) is 2. The van der Waals surface area contributed by atoms with Gasteiger partial charge in [0.15, 0.2) is 0 Å². The molecule has 4 atom stereocenters. The van der Waals surface area contributed by atoms with Gasteiger partial charge >= 0.3 is 6.36 Å². The lowest BCUT2D eigenvalue weighted by Gasteiger charge is -2.37. The number of benzene rings is 2. The van der Waals surface area contributed by atoms with Gasteiger partial charge in [-0.2, -0.15) is 0 Å². The molecule has 11 heteroatoms. The molecular weight excluding hydrogens is 481 g/mol. The van der Waals surface area contributed by atoms with Crippen molar-refractivity contribution >= 4 is 31.7 Å². The minimum Gasteiger partial charge on any atom is -0.406 e. The van der Waals surface area contributed by atoms with E-state index in [4.69, 9.17) is 4.78 Å². The maximum atomic E-state index is 13.2. The lowest BCUT2D eigenvalue weighted by atomic mass is 9.88. The van der Waals surface area contributed by atoms with Crippen molar-refractivity contribution in [1.82, 2.24) is 14.3 Å². The molecule has 0 spiro atoms. The molecular formula is C24H23F3N4O3S. The zero-order chi connectivity index (χ0) is 24.8. The number of rotatable bonds is 5. The average Bonchev–Trinajstić information content (AvgIpc) is 3.14. The van der Waals surface area contributed by atoms with Gasteiger partial charge < -0.3 is 14.4 Å². The van der Waals surface area contributed by atoms with E-state index in [1.807, 2.05) is 30.3 Å². The molecule has 0 aliphatic heterocycles. The first kappa shape index (κ1) is 23.6. The summed E-state index contributed by atoms with van der Waals surface area (Å²) in [5.74, 6) is -0.464. The maximum absolute atomic E-state index is 13.2. The average molecular weight is 505 g/mol. The molecule has 3 N–H and O–H groups in total. The van der Waals surface area contributed by atoms with Crippen LogP contribution in [0, 0.1) is 4.78 Å². The molecule has 1 aliphatic rings. The van der Waals surface area contributed by atoms with Gasteiger partial charge in [-0.1, -0.05) is 18.2 Å². The fourth-order valence-electron chi connectivity index (χ4n) is 4.89. The first-order valence-corrected chi connectivity index (χ1v) is 12.6. The van der Waals surface area contributed by atoms with Crippen LogP contribution in [0.2, 0.25) is 0 Å². The SMILES string of the molecule is N=S(=O)(NC1CCCC(n2c3ccccc3c3ccncc32)C1O)c1ccc(OC(F)(F)F)cc1. The number of hydrogen-bond acceptors (Lipinski definition) is 5. The second kappa shape index (κ2) is 8.81. The van der Waals surface area contributed by atoms with Crippen molar-refractivity contribution in [2.45, 2.75) is 48.7 Å². The number of ether oxygens (including phenoxy) is 1. The first-order chi connectivity index (χ1) is 16.6. The Labute approximate surface area is 199 Å². The summed E-state index contributed by atoms with van der Waals surface area (Å²) < 4.78 is 67.5. The van der Waals surface area contributed by atoms with Crippen LogP contribution in [-0.4, -0.2) is 37.4 Å². The van der Waals surface area contributed by atoms with Crippen molar-refractivity contribution in [3.63, 3.8) is 0 Å². The van der Waals surface area contributed by atoms with Crippen molar-refractivity contribution in [1.29, 1.82) is 4.78 Å². The number of aliphatic hydroxyl groups excluding tert-OH is 1. The van der Waals surface area contributed by atoms with E-state index in [1.54, 1.807) is 12.4 Å². The summed E-state index contributed by atoms with van der Waals surface area (Å²) in [7, 11) is -3.60. The highest BCUT2D eigenvalue weighted by molar-refractivity contribution is 7.90. The van der Waals surface area contributed by atoms with Gasteiger partial charge in [-0.05, 0) is 55.7 Å². The molecule has 1 fully saturated rings. The molecule has 0 amide bonds. The number of halogens is 3. The standard InChI is InChI=1S/C24H23F3N4O3S/c25-24(26,27)34-15-8-10-16(11-9-15)35(28,33)30-19-5-3-7-21(23(19)32)31-20-6-2-1-4-17(20)18-12-13-29-14-22(18)31/h1-2,4,6,8-14,19,21,23,32H,3,5,7H2,(H2,28,30,33). The van der Waals surface area contributed by atoms with E-state index in [9.17, 15) is 22.5 Å². The molecule has 2 aromatic carbocycles. The number of alkyl halides is 3. The Morgan fingerprint density at radius 3 is 2.51 bits per heavy atom. The predicted octanol–water partition coefficient (Wildman–Crippen LogP) is 5.15. The maximum Gasteiger partial charge on any atom is 0.573 e. The molecule has 0 radical (unpaired) electrons. The second-order valence-electron chi connectivity index (χ2n) is 8.57. The zero-order valence-corrected chi connectivity index (χ0v) is 19.2. The van der Waals surface area contributed by atoms with E-state index < -0.39 is 34.2 Å². The topological polar surface area (TPSA) is 100 Å². The van der Waals surface area contributed by atoms with Crippen LogP contribution in [0.15, 0.2) is 71.9 Å². The molecule has 184 valence electrons. The minimum atomic E-state index is -4.84. The summed E-state index contributed by atoms with van der Waals surface area (Å²) >= 11 is 0. The highest BCUT2D eigenvalue weighted by Crippen LogP contribution is 2.38. The Morgan fingerprint density at radius 2 is 1.77 bits per heavy atom. The van der Waals surface area contributed by atoms with Crippen molar-refractivity contribution in [2.75, 3.05) is 0 Å². The van der Waals surface area contributed by atoms with Crippen LogP contribution >= 0.6 is 0 Å². The molecule has 35 heavy (non-hydrogen) atoms. The van der Waals surface area contributed by atoms with Crippen LogP contribution in [0.5, 0.6) is 5.75 Å². The highest BCUT2D eigenvalue weighted by Gasteiger charge is 2.36. The van der Waals surface area contributed by atoms with E-state index >= 15 is 0 Å². The first-order valence-electron chi connectivity index (χ1n) is 11.1. The van der Waals surface area contributed by atoms with Crippen LogP contribution in [0.25, 0.3) is 21.8 Å². The summed E-state index contributed by atoms with van der Waals surface area (Å²) in [4.78, 5) is 4.26. The third-order valence-corrected chi connectivity index (χ3v) is 7.94. The Bertz CT molecular complexity index is 1420. The molecule has 0 bridgehead atoms. The van der Waals surface area contributed by atoms with Gasteiger partial charge in [0.05, 0.1) is 28.8 Å². The Kier molecular flexibility index (Phi) is 5.94. The molecule has 4 unspecified atom stereocenters. The molecule has 0 saturated heterocycles. The van der Waals surface area contributed by atoms with Gasteiger partial charge in [0.2, 0.25) is 0 Å². The van der Waals surface area contributed by atoms with E-state index in [2.05, 4.69) is 19.0 Å². The highest BCUT2D eigenvalue weighted by atomic mass is 32.2. The van der Waals surface area contributed by atoms with Crippen LogP contribution in [0.3, 0.4) is 0 Å². The molecule has 7 nitrogen and oxygen atoms in total. The number of pyridine rings is 1. The van der Waals surface area contributed by atoms with Crippen LogP contribution < -0.4 is 9.46 Å². The summed E-state index contributed by atoms with van der Waals surface area (Å²) in [5, 5.41) is 13.4. The van der Waals surface area contributed by atoms with Gasteiger partial charge in [0, 0.05) is 28.5 Å². The quantitative estimate of drug-likeness (QED) is 0.350. The van der Waals surface area contributed by atoms with Crippen LogP contribution in [-0.2, 0) is 9.92 Å². The van der Waals surface area contributed by atoms with E-state index in [-0.39, 0.29) is 10.9 Å². The molecule has 2 aromatic heterocycles. The third kappa shape index (κ3) is 4.58. The lowest BCUT2D eigenvalue weighted by molar-refractivity contribution is -0.274. The van der Waals surface area contributed by atoms with Crippen LogP contribution in [0.4, 0.5) is 13.2 Å². The number of fused-ring (bicyclic) bond motifs is 3. The molecule has 5 rings (SSSR count). The molecule has 1 aliphatic carbocycles. The largest absolute Gasteiger partial charge is 0.573 e. The van der Waals surface area contributed by atoms with Crippen LogP contribution in [0.1, 0.15) is 25.3 Å². The summed E-state index contributed by atoms with van der Waals surface area (Å²) in [6.07, 6.45) is -0.406. The predicted molar refractivity (Wildman–Crippen MR) is 125 cm³/mol. The van der Waals surface area contributed by atoms with Crippen molar-refractivity contribution in [3.8, 4) is 5.75 Å². The number of aliphatic hydroxyl groups is 1. The minimum absolute atomic E-state index is 0.00223. The normalized spacial score (nSPS) is 22.8. The summed E-state index contributed by atoms with van der Waals surface area (Å²) in [5.41, 5.74) is 1.83. The Balaban J connectivity index is 1.42. The number of hydrogen-bond donors (Lipinski definition) is 3. The second-order valence-corrected chi connectivity index (χ2v) is 10.4. The van der Waals surface area contributed by atoms with Crippen molar-refractivity contribution in [2.24, 2.45) is 0 Å². The fourth-order valence-corrected chi connectivity index (χ4v) is 6.22. The van der Waals surface area contributed by atoms with Gasteiger partial charge in [-0.15, -0.1) is 13.2 Å². The zero-order valence-electron chi connectivity index (χ0n) is 18.4. The van der Waals surface area contributed by atoms with Gasteiger partial charge in [0.25, 0.3) is 0 Å². The lowest BCUT2D eigenvalue weighted by Crippen LogP contribution is -2.49. The van der Waals surface area contributed by atoms with Crippen molar-refractivity contribution < 1.29 is 27.2 Å². The number of nitrogens with one attached hydrogen (secondary N) is 2. The monoisotopic (exact) mass is 504 g/mol. The van der Waals surface area contributed by atoms with E-state index in [0.29, 0.717) is 12.8 Å². The summed E-state index contributed by atoms with van der Waals surface area (Å²) in [6, 6.07) is 13.2. The van der Waals surface area contributed by atoms with Crippen molar-refractivity contribution in [3.05, 3.63) is 67.0 Å². The van der Waals surface area contributed by atoms with Gasteiger partial charge in [0.1, 0.15) is 15.7 Å². The summed E-state index contributed by atoms with van der Waals surface area (Å²) in [6.45, 7) is 0. The molecule has 2 heterocycles. The Morgan fingerprint density at radius 1 is 1.06 bits per heavy atom. The fraction of sp³-hybridized carbons (Fsp3) is 0.292. The number of aromatic nitrogens is 2. The number of para-hydroxylation sites is 1. The van der Waals surface area contributed by atoms with E-state index in [1.165, 1.54) is 0 Å². The molecule has 1 saturated carbocycles. The smallest absolute Gasteiger partial charge is 0.406 e. The Hall–Kier alpha value is -3.15. The van der Waals surface area contributed by atoms with E-state index in [0.717, 1.165) is 52.5 Å².